The van der Waals surface area contributed by atoms with E-state index in [2.05, 4.69) is 20.5 Å². The van der Waals surface area contributed by atoms with E-state index in [0.29, 0.717) is 18.7 Å². The van der Waals surface area contributed by atoms with Crippen molar-refractivity contribution in [1.29, 1.82) is 0 Å². The number of amides is 1. The molecular formula is C17H20F2N4O2. The number of H-pyrrole nitrogens is 1. The van der Waals surface area contributed by atoms with Gasteiger partial charge in [-0.3, -0.25) is 9.89 Å². The highest BCUT2D eigenvalue weighted by Gasteiger charge is 2.35. The average Bonchev–Trinajstić information content (AvgIpc) is 3.16. The number of halogens is 2. The van der Waals surface area contributed by atoms with Gasteiger partial charge in [0.25, 0.3) is 0 Å². The van der Waals surface area contributed by atoms with Crippen molar-refractivity contribution in [1.82, 2.24) is 20.5 Å². The molecule has 1 saturated carbocycles. The summed E-state index contributed by atoms with van der Waals surface area (Å²) in [6, 6.07) is 3.76. The molecule has 3 atom stereocenters. The van der Waals surface area contributed by atoms with Gasteiger partial charge in [-0.25, -0.2) is 13.8 Å². The number of aliphatic hydroxyl groups excluding tert-OH is 1. The van der Waals surface area contributed by atoms with Crippen molar-refractivity contribution in [3.63, 3.8) is 0 Å². The van der Waals surface area contributed by atoms with Crippen molar-refractivity contribution < 1.29 is 18.7 Å². The highest BCUT2D eigenvalue weighted by molar-refractivity contribution is 5.78. The molecule has 1 aromatic carbocycles. The van der Waals surface area contributed by atoms with Gasteiger partial charge < -0.3 is 10.4 Å². The minimum absolute atomic E-state index is 0.0125. The number of hydrogen-bond acceptors (Lipinski definition) is 4. The molecule has 0 saturated heterocycles. The van der Waals surface area contributed by atoms with Gasteiger partial charge in [-0.05, 0) is 25.8 Å². The van der Waals surface area contributed by atoms with E-state index in [1.165, 1.54) is 12.1 Å². The largest absolute Gasteiger partial charge is 0.393 e. The molecule has 1 aliphatic rings. The van der Waals surface area contributed by atoms with Crippen LogP contribution in [-0.2, 0) is 11.2 Å². The average molecular weight is 350 g/mol. The van der Waals surface area contributed by atoms with Crippen LogP contribution < -0.4 is 5.32 Å². The first-order valence-corrected chi connectivity index (χ1v) is 8.20. The summed E-state index contributed by atoms with van der Waals surface area (Å²) in [5, 5.41) is 19.8. The molecule has 1 aliphatic carbocycles. The molecule has 25 heavy (non-hydrogen) atoms. The molecule has 1 amide bonds. The fourth-order valence-electron chi connectivity index (χ4n) is 3.24. The smallest absolute Gasteiger partial charge is 0.224 e. The molecule has 0 radical (unpaired) electrons. The zero-order valence-electron chi connectivity index (χ0n) is 13.8. The first-order chi connectivity index (χ1) is 11.9. The highest BCUT2D eigenvalue weighted by Crippen LogP contribution is 2.36. The van der Waals surface area contributed by atoms with Crippen molar-refractivity contribution >= 4 is 5.91 Å². The van der Waals surface area contributed by atoms with E-state index in [-0.39, 0.29) is 30.4 Å². The fraction of sp³-hybridized carbons (Fsp3) is 0.471. The van der Waals surface area contributed by atoms with Crippen molar-refractivity contribution in [2.24, 2.45) is 5.92 Å². The SMILES string of the molecule is Cc1nc(C2C[C@H](CNC(=O)Cc3cccc(F)c3F)[C@H](O)C2)n[nH]1. The van der Waals surface area contributed by atoms with Crippen molar-refractivity contribution in [3.8, 4) is 0 Å². The lowest BCUT2D eigenvalue weighted by atomic mass is 10.0. The lowest BCUT2D eigenvalue weighted by Gasteiger charge is -2.15. The van der Waals surface area contributed by atoms with Gasteiger partial charge in [-0.1, -0.05) is 12.1 Å². The minimum atomic E-state index is -1.00. The molecule has 1 fully saturated rings. The molecule has 0 aliphatic heterocycles. The predicted octanol–water partition coefficient (Wildman–Crippen LogP) is 1.60. The van der Waals surface area contributed by atoms with Gasteiger partial charge in [0.15, 0.2) is 17.5 Å². The van der Waals surface area contributed by atoms with Gasteiger partial charge in [-0.15, -0.1) is 0 Å². The topological polar surface area (TPSA) is 90.9 Å². The van der Waals surface area contributed by atoms with Crippen LogP contribution >= 0.6 is 0 Å². The van der Waals surface area contributed by atoms with E-state index in [9.17, 15) is 18.7 Å². The first kappa shape index (κ1) is 17.5. The molecule has 6 nitrogen and oxygen atoms in total. The number of rotatable bonds is 5. The number of carbonyl (C=O) groups is 1. The van der Waals surface area contributed by atoms with Crippen LogP contribution in [0.25, 0.3) is 0 Å². The number of hydrogen-bond donors (Lipinski definition) is 3. The summed E-state index contributed by atoms with van der Waals surface area (Å²) in [5.41, 5.74) is 0.0125. The molecule has 2 aromatic rings. The number of aromatic amines is 1. The molecule has 0 spiro atoms. The minimum Gasteiger partial charge on any atom is -0.393 e. The zero-order chi connectivity index (χ0) is 18.0. The Morgan fingerprint density at radius 1 is 1.40 bits per heavy atom. The van der Waals surface area contributed by atoms with E-state index in [1.54, 1.807) is 0 Å². The Hall–Kier alpha value is -2.35. The van der Waals surface area contributed by atoms with Crippen LogP contribution in [0.3, 0.4) is 0 Å². The van der Waals surface area contributed by atoms with E-state index >= 15 is 0 Å². The second-order valence-corrected chi connectivity index (χ2v) is 6.47. The Morgan fingerprint density at radius 2 is 2.20 bits per heavy atom. The Balaban J connectivity index is 1.53. The van der Waals surface area contributed by atoms with Gasteiger partial charge in [-0.2, -0.15) is 5.10 Å². The maximum Gasteiger partial charge on any atom is 0.224 e. The molecule has 1 heterocycles. The van der Waals surface area contributed by atoms with Crippen LogP contribution in [0.4, 0.5) is 8.78 Å². The normalized spacial score (nSPS) is 23.0. The molecule has 1 unspecified atom stereocenters. The summed E-state index contributed by atoms with van der Waals surface area (Å²) in [7, 11) is 0. The standard InChI is InChI=1S/C17H20F2N4O2/c1-9-21-17(23-22-9)11-5-12(14(24)6-11)8-20-15(25)7-10-3-2-4-13(18)16(10)19/h2-4,11-12,14,24H,5-8H2,1H3,(H,20,25)(H,21,22,23)/t11?,12-,14-/m1/s1. The molecule has 134 valence electrons. The second-order valence-electron chi connectivity index (χ2n) is 6.47. The van der Waals surface area contributed by atoms with E-state index < -0.39 is 23.6 Å². The molecule has 3 N–H and O–H groups in total. The third kappa shape index (κ3) is 4.01. The molecular weight excluding hydrogens is 330 g/mol. The Kier molecular flexibility index (Phi) is 5.08. The molecule has 0 bridgehead atoms. The predicted molar refractivity (Wildman–Crippen MR) is 85.7 cm³/mol. The number of carbonyl (C=O) groups excluding carboxylic acids is 1. The third-order valence-corrected chi connectivity index (χ3v) is 4.58. The number of aryl methyl sites for hydroxylation is 1. The van der Waals surface area contributed by atoms with Crippen molar-refractivity contribution in [3.05, 3.63) is 47.0 Å². The van der Waals surface area contributed by atoms with E-state index in [1.807, 2.05) is 6.92 Å². The first-order valence-electron chi connectivity index (χ1n) is 8.20. The van der Waals surface area contributed by atoms with Gasteiger partial charge in [0.2, 0.25) is 5.91 Å². The maximum absolute atomic E-state index is 13.6. The summed E-state index contributed by atoms with van der Waals surface area (Å²) in [6.07, 6.45) is 0.398. The summed E-state index contributed by atoms with van der Waals surface area (Å²) >= 11 is 0. The van der Waals surface area contributed by atoms with Gasteiger partial charge >= 0.3 is 0 Å². The maximum atomic E-state index is 13.6. The van der Waals surface area contributed by atoms with Crippen molar-refractivity contribution in [2.75, 3.05) is 6.54 Å². The molecule has 8 heteroatoms. The summed E-state index contributed by atoms with van der Waals surface area (Å²) in [4.78, 5) is 16.3. The van der Waals surface area contributed by atoms with E-state index in [4.69, 9.17) is 0 Å². The van der Waals surface area contributed by atoms with Crippen LogP contribution in [0.1, 0.15) is 36.0 Å². The highest BCUT2D eigenvalue weighted by atomic mass is 19.2. The van der Waals surface area contributed by atoms with E-state index in [0.717, 1.165) is 11.9 Å². The quantitative estimate of drug-likeness (QED) is 0.764. The molecule has 3 rings (SSSR count). The summed E-state index contributed by atoms with van der Waals surface area (Å²) in [6.45, 7) is 2.09. The van der Waals surface area contributed by atoms with Crippen molar-refractivity contribution in [2.45, 2.75) is 38.2 Å². The van der Waals surface area contributed by atoms with Gasteiger partial charge in [0, 0.05) is 23.9 Å². The Bertz CT molecular complexity index is 765. The van der Waals surface area contributed by atoms with Crippen LogP contribution in [0.2, 0.25) is 0 Å². The van der Waals surface area contributed by atoms with Crippen LogP contribution in [0.15, 0.2) is 18.2 Å². The van der Waals surface area contributed by atoms with Crippen LogP contribution in [0.5, 0.6) is 0 Å². The number of nitrogens with one attached hydrogen (secondary N) is 2. The number of nitrogens with zero attached hydrogens (tertiary/aromatic N) is 2. The Labute approximate surface area is 143 Å². The molecule has 1 aromatic heterocycles. The lowest BCUT2D eigenvalue weighted by Crippen LogP contribution is -2.33. The van der Waals surface area contributed by atoms with Gasteiger partial charge in [0.05, 0.1) is 12.5 Å². The monoisotopic (exact) mass is 350 g/mol. The van der Waals surface area contributed by atoms with Crippen LogP contribution in [0, 0.1) is 24.5 Å². The fourth-order valence-corrected chi connectivity index (χ4v) is 3.24. The second kappa shape index (κ2) is 7.26. The van der Waals surface area contributed by atoms with Crippen LogP contribution in [-0.4, -0.2) is 38.8 Å². The summed E-state index contributed by atoms with van der Waals surface area (Å²) in [5.74, 6) is -1.06. The third-order valence-electron chi connectivity index (χ3n) is 4.58. The zero-order valence-corrected chi connectivity index (χ0v) is 13.8. The van der Waals surface area contributed by atoms with Gasteiger partial charge in [0.1, 0.15) is 5.82 Å². The lowest BCUT2D eigenvalue weighted by molar-refractivity contribution is -0.120. The summed E-state index contributed by atoms with van der Waals surface area (Å²) < 4.78 is 26.8. The number of aromatic nitrogens is 3. The number of benzene rings is 1. The Morgan fingerprint density at radius 3 is 2.92 bits per heavy atom. The number of aliphatic hydroxyl groups is 1.